The van der Waals surface area contributed by atoms with Crippen molar-refractivity contribution in [1.29, 1.82) is 0 Å². The van der Waals surface area contributed by atoms with E-state index in [1.54, 1.807) is 18.3 Å². The first kappa shape index (κ1) is 19.3. The Morgan fingerprint density at radius 1 is 1.23 bits per heavy atom. The van der Waals surface area contributed by atoms with Crippen LogP contribution in [0, 0.1) is 12.3 Å². The van der Waals surface area contributed by atoms with Gasteiger partial charge in [-0.1, -0.05) is 24.1 Å². The molecule has 0 saturated carbocycles. The number of fused-ring (bicyclic) bond motifs is 1. The van der Waals surface area contributed by atoms with Crippen LogP contribution in [-0.4, -0.2) is 22.7 Å². The molecule has 1 N–H and O–H groups in total. The summed E-state index contributed by atoms with van der Waals surface area (Å²) in [7, 11) is 0. The van der Waals surface area contributed by atoms with E-state index in [1.165, 1.54) is 0 Å². The molecule has 134 valence electrons. The Kier molecular flexibility index (Phi) is 5.83. The van der Waals surface area contributed by atoms with Crippen molar-refractivity contribution < 1.29 is 22.8 Å². The zero-order valence-electron chi connectivity index (χ0n) is 14.0. The number of rotatable bonds is 6. The Morgan fingerprint density at radius 3 is 2.58 bits per heavy atom. The van der Waals surface area contributed by atoms with Crippen LogP contribution in [0.1, 0.15) is 30.1 Å². The number of aromatic amines is 1. The number of hydrogen-bond donors (Lipinski definition) is 1. The molecule has 2 aromatic rings. The summed E-state index contributed by atoms with van der Waals surface area (Å²) >= 11 is 0. The van der Waals surface area contributed by atoms with E-state index in [2.05, 4.69) is 10.9 Å². The smallest absolute Gasteiger partial charge is 0.360 e. The lowest BCUT2D eigenvalue weighted by Gasteiger charge is -2.07. The van der Waals surface area contributed by atoms with Gasteiger partial charge in [0.25, 0.3) is 0 Å². The molecule has 0 radical (unpaired) electrons. The average Bonchev–Trinajstić information content (AvgIpc) is 3.02. The maximum atomic E-state index is 12.6. The highest BCUT2D eigenvalue weighted by Crippen LogP contribution is 2.26. The minimum Gasteiger partial charge on any atom is -0.360 e. The highest BCUT2D eigenvalue weighted by Gasteiger charge is 2.30. The zero-order valence-corrected chi connectivity index (χ0v) is 14.0. The topological polar surface area (TPSA) is 49.9 Å². The van der Waals surface area contributed by atoms with Gasteiger partial charge in [0.1, 0.15) is 0 Å². The lowest BCUT2D eigenvalue weighted by Crippen LogP contribution is -2.11. The lowest BCUT2D eigenvalue weighted by molar-refractivity contribution is -0.115. The van der Waals surface area contributed by atoms with Crippen LogP contribution >= 0.6 is 0 Å². The highest BCUT2D eigenvalue weighted by atomic mass is 19.4. The first-order valence-electron chi connectivity index (χ1n) is 7.78. The van der Waals surface area contributed by atoms with Crippen LogP contribution in [0.3, 0.4) is 0 Å². The van der Waals surface area contributed by atoms with Crippen molar-refractivity contribution in [3.05, 3.63) is 59.3 Å². The zero-order chi connectivity index (χ0) is 19.3. The molecule has 0 aliphatic heterocycles. The third-order valence-corrected chi connectivity index (χ3v) is 3.85. The number of halogens is 3. The number of carbonyl (C=O) groups is 2. The SMILES string of the molecule is C#CC=C(C=C(C)C(F)(F)F)C(=O)CCC(=O)c1c[nH]c2ccccc12. The highest BCUT2D eigenvalue weighted by molar-refractivity contribution is 6.09. The molecule has 2 rings (SSSR count). The van der Waals surface area contributed by atoms with E-state index in [0.29, 0.717) is 11.6 Å². The molecule has 0 amide bonds. The van der Waals surface area contributed by atoms with Crippen LogP contribution in [0.4, 0.5) is 13.2 Å². The summed E-state index contributed by atoms with van der Waals surface area (Å²) in [4.78, 5) is 27.5. The monoisotopic (exact) mass is 359 g/mol. The molecule has 1 aromatic carbocycles. The quantitative estimate of drug-likeness (QED) is 0.350. The Bertz CT molecular complexity index is 940. The second-order valence-electron chi connectivity index (χ2n) is 5.69. The van der Waals surface area contributed by atoms with E-state index in [1.807, 2.05) is 12.1 Å². The van der Waals surface area contributed by atoms with Crippen LogP contribution in [0.25, 0.3) is 10.9 Å². The molecule has 0 unspecified atom stereocenters. The van der Waals surface area contributed by atoms with Gasteiger partial charge in [-0.25, -0.2) is 0 Å². The van der Waals surface area contributed by atoms with Crippen molar-refractivity contribution in [2.45, 2.75) is 25.9 Å². The van der Waals surface area contributed by atoms with Crippen molar-refractivity contribution in [2.75, 3.05) is 0 Å². The number of Topliss-reactive ketones (excluding diaryl/α,β-unsaturated/α-hetero) is 2. The maximum absolute atomic E-state index is 12.6. The molecular formula is C20H16F3NO2. The molecule has 1 aromatic heterocycles. The van der Waals surface area contributed by atoms with Gasteiger partial charge in [0.05, 0.1) is 0 Å². The van der Waals surface area contributed by atoms with E-state index in [9.17, 15) is 22.8 Å². The number of alkyl halides is 3. The van der Waals surface area contributed by atoms with Gasteiger partial charge in [-0.05, 0) is 25.1 Å². The molecule has 1 heterocycles. The van der Waals surface area contributed by atoms with Gasteiger partial charge >= 0.3 is 6.18 Å². The summed E-state index contributed by atoms with van der Waals surface area (Å²) in [6.45, 7) is 0.856. The summed E-state index contributed by atoms with van der Waals surface area (Å²) in [6.07, 6.45) is 3.43. The summed E-state index contributed by atoms with van der Waals surface area (Å²) in [5, 5.41) is 0.733. The number of allylic oxidation sites excluding steroid dienone is 4. The third-order valence-electron chi connectivity index (χ3n) is 3.85. The minimum absolute atomic E-state index is 0.124. The van der Waals surface area contributed by atoms with Gasteiger partial charge in [-0.3, -0.25) is 9.59 Å². The molecule has 26 heavy (non-hydrogen) atoms. The van der Waals surface area contributed by atoms with Crippen molar-refractivity contribution in [2.24, 2.45) is 0 Å². The molecule has 0 fully saturated rings. The van der Waals surface area contributed by atoms with E-state index in [0.717, 1.165) is 23.9 Å². The molecular weight excluding hydrogens is 343 g/mol. The lowest BCUT2D eigenvalue weighted by atomic mass is 9.99. The fraction of sp³-hybridized carbons (Fsp3) is 0.200. The number of para-hydroxylation sites is 1. The Morgan fingerprint density at radius 2 is 1.92 bits per heavy atom. The van der Waals surface area contributed by atoms with Gasteiger partial charge < -0.3 is 4.98 Å². The van der Waals surface area contributed by atoms with Crippen molar-refractivity contribution in [3.8, 4) is 12.3 Å². The molecule has 0 aliphatic carbocycles. The van der Waals surface area contributed by atoms with E-state index in [-0.39, 0.29) is 24.2 Å². The largest absolute Gasteiger partial charge is 0.412 e. The molecule has 3 nitrogen and oxygen atoms in total. The minimum atomic E-state index is -4.55. The molecule has 6 heteroatoms. The number of H-pyrrole nitrogens is 1. The number of carbonyl (C=O) groups excluding carboxylic acids is 2. The molecule has 0 atom stereocenters. The van der Waals surface area contributed by atoms with Gasteiger partial charge in [-0.15, -0.1) is 6.42 Å². The van der Waals surface area contributed by atoms with Crippen LogP contribution in [-0.2, 0) is 4.79 Å². The number of terminal acetylenes is 1. The summed E-state index contributed by atoms with van der Waals surface area (Å²) in [5.74, 6) is 1.18. The van der Waals surface area contributed by atoms with Crippen molar-refractivity contribution in [1.82, 2.24) is 4.98 Å². The van der Waals surface area contributed by atoms with Crippen LogP contribution in [0.15, 0.2) is 53.8 Å². The summed E-state index contributed by atoms with van der Waals surface area (Å²) < 4.78 is 37.9. The molecule has 0 saturated heterocycles. The number of ketones is 2. The van der Waals surface area contributed by atoms with Crippen molar-refractivity contribution in [3.63, 3.8) is 0 Å². The van der Waals surface area contributed by atoms with Gasteiger partial charge in [0, 0.05) is 46.7 Å². The fourth-order valence-corrected chi connectivity index (χ4v) is 2.42. The first-order chi connectivity index (χ1) is 12.2. The third kappa shape index (κ3) is 4.51. The fourth-order valence-electron chi connectivity index (χ4n) is 2.42. The van der Waals surface area contributed by atoms with E-state index >= 15 is 0 Å². The maximum Gasteiger partial charge on any atom is 0.412 e. The summed E-state index contributed by atoms with van der Waals surface area (Å²) in [6, 6.07) is 7.20. The number of aromatic nitrogens is 1. The van der Waals surface area contributed by atoms with Crippen molar-refractivity contribution >= 4 is 22.5 Å². The van der Waals surface area contributed by atoms with E-state index < -0.39 is 17.5 Å². The Labute approximate surface area is 148 Å². The van der Waals surface area contributed by atoms with E-state index in [4.69, 9.17) is 6.42 Å². The number of benzene rings is 1. The van der Waals surface area contributed by atoms with Gasteiger partial charge in [-0.2, -0.15) is 13.2 Å². The predicted octanol–water partition coefficient (Wildman–Crippen LogP) is 4.77. The number of hydrogen-bond acceptors (Lipinski definition) is 2. The van der Waals surface area contributed by atoms with Crippen LogP contribution in [0.5, 0.6) is 0 Å². The Balaban J connectivity index is 2.12. The molecule has 0 aliphatic rings. The number of nitrogens with one attached hydrogen (secondary N) is 1. The van der Waals surface area contributed by atoms with Crippen LogP contribution < -0.4 is 0 Å². The molecule has 0 bridgehead atoms. The standard InChI is InChI=1S/C20H16F3NO2/c1-3-6-14(11-13(2)20(21,22)23)18(25)9-10-19(26)16-12-24-17-8-5-4-7-15(16)17/h1,4-8,11-12,24H,9-10H2,2H3. The first-order valence-corrected chi connectivity index (χ1v) is 7.78. The Hall–Kier alpha value is -3.07. The van der Waals surface area contributed by atoms with Crippen LogP contribution in [0.2, 0.25) is 0 Å². The summed E-state index contributed by atoms with van der Waals surface area (Å²) in [5.41, 5.74) is 0.0566. The average molecular weight is 359 g/mol. The van der Waals surface area contributed by atoms with Gasteiger partial charge in [0.2, 0.25) is 0 Å². The normalized spacial score (nSPS) is 12.9. The second-order valence-corrected chi connectivity index (χ2v) is 5.69. The molecule has 0 spiro atoms. The van der Waals surface area contributed by atoms with Gasteiger partial charge in [0.15, 0.2) is 11.6 Å². The predicted molar refractivity (Wildman–Crippen MR) is 93.6 cm³/mol. The second kappa shape index (κ2) is 7.87.